The summed E-state index contributed by atoms with van der Waals surface area (Å²) >= 11 is 5.97. The van der Waals surface area contributed by atoms with Gasteiger partial charge in [-0.25, -0.2) is 0 Å². The lowest BCUT2D eigenvalue weighted by Crippen LogP contribution is -2.02. The van der Waals surface area contributed by atoms with Crippen LogP contribution in [0.15, 0.2) is 36.4 Å². The van der Waals surface area contributed by atoms with Gasteiger partial charge in [-0.2, -0.15) is 0 Å². The fraction of sp³-hybridized carbons (Fsp3) is 0.188. The van der Waals surface area contributed by atoms with Crippen LogP contribution in [0, 0.1) is 20.8 Å². The molecule has 0 saturated carbocycles. The summed E-state index contributed by atoms with van der Waals surface area (Å²) in [5.41, 5.74) is 4.54. The molecule has 0 saturated heterocycles. The normalized spacial score (nSPS) is 10.4. The molecule has 0 unspecified atom stereocenters. The van der Waals surface area contributed by atoms with Gasteiger partial charge in [0.25, 0.3) is 0 Å². The highest BCUT2D eigenvalue weighted by atomic mass is 35.5. The molecule has 0 amide bonds. The molecule has 2 heteroatoms. The van der Waals surface area contributed by atoms with Crippen molar-refractivity contribution in [3.63, 3.8) is 0 Å². The van der Waals surface area contributed by atoms with Gasteiger partial charge in [0.1, 0.15) is 0 Å². The molecule has 0 aliphatic heterocycles. The Morgan fingerprint density at radius 3 is 2.06 bits per heavy atom. The Morgan fingerprint density at radius 2 is 1.50 bits per heavy atom. The van der Waals surface area contributed by atoms with E-state index in [4.69, 9.17) is 11.6 Å². The molecule has 92 valence electrons. The van der Waals surface area contributed by atoms with Gasteiger partial charge in [0.05, 0.1) is 0 Å². The van der Waals surface area contributed by atoms with Crippen molar-refractivity contribution in [2.75, 3.05) is 0 Å². The molecule has 2 aromatic rings. The third-order valence-electron chi connectivity index (χ3n) is 2.90. The number of carbonyl (C=O) groups is 1. The molecule has 2 rings (SSSR count). The number of benzene rings is 2. The standard InChI is InChI=1S/C16H15ClO/c1-10-6-11(2)8-14(7-10)16(18)13-4-5-15(17)12(3)9-13/h4-9H,1-3H3. The minimum absolute atomic E-state index is 0.0431. The summed E-state index contributed by atoms with van der Waals surface area (Å²) in [5.74, 6) is 0.0431. The van der Waals surface area contributed by atoms with Gasteiger partial charge >= 0.3 is 0 Å². The zero-order chi connectivity index (χ0) is 13.3. The number of halogens is 1. The van der Waals surface area contributed by atoms with Crippen LogP contribution in [0.1, 0.15) is 32.6 Å². The topological polar surface area (TPSA) is 17.1 Å². The van der Waals surface area contributed by atoms with E-state index < -0.39 is 0 Å². The summed E-state index contributed by atoms with van der Waals surface area (Å²) in [6, 6.07) is 11.3. The number of rotatable bonds is 2. The van der Waals surface area contributed by atoms with Gasteiger partial charge in [0.2, 0.25) is 0 Å². The minimum atomic E-state index is 0.0431. The van der Waals surface area contributed by atoms with E-state index in [0.29, 0.717) is 10.6 Å². The first kappa shape index (κ1) is 12.8. The van der Waals surface area contributed by atoms with Crippen molar-refractivity contribution in [3.05, 3.63) is 69.2 Å². The number of hydrogen-bond donors (Lipinski definition) is 0. The fourth-order valence-corrected chi connectivity index (χ4v) is 2.18. The second kappa shape index (κ2) is 4.95. The average Bonchev–Trinajstić information content (AvgIpc) is 2.30. The Kier molecular flexibility index (Phi) is 3.53. The molecule has 0 N–H and O–H groups in total. The van der Waals surface area contributed by atoms with Crippen molar-refractivity contribution in [1.82, 2.24) is 0 Å². The zero-order valence-electron chi connectivity index (χ0n) is 10.8. The maximum absolute atomic E-state index is 12.4. The van der Waals surface area contributed by atoms with Gasteiger partial charge in [0.15, 0.2) is 5.78 Å². The van der Waals surface area contributed by atoms with Crippen LogP contribution >= 0.6 is 11.6 Å². The molecule has 0 bridgehead atoms. The molecule has 0 aliphatic carbocycles. The van der Waals surface area contributed by atoms with E-state index in [1.807, 2.05) is 39.0 Å². The van der Waals surface area contributed by atoms with Gasteiger partial charge in [-0.05, 0) is 56.7 Å². The average molecular weight is 259 g/mol. The van der Waals surface area contributed by atoms with Crippen LogP contribution in [0.5, 0.6) is 0 Å². The predicted octanol–water partition coefficient (Wildman–Crippen LogP) is 4.50. The summed E-state index contributed by atoms with van der Waals surface area (Å²) in [6.07, 6.45) is 0. The third-order valence-corrected chi connectivity index (χ3v) is 3.33. The molecule has 0 aromatic heterocycles. The molecule has 0 spiro atoms. The van der Waals surface area contributed by atoms with Crippen molar-refractivity contribution in [2.45, 2.75) is 20.8 Å². The highest BCUT2D eigenvalue weighted by molar-refractivity contribution is 6.31. The summed E-state index contributed by atoms with van der Waals surface area (Å²) in [4.78, 5) is 12.4. The third kappa shape index (κ3) is 2.62. The van der Waals surface area contributed by atoms with Gasteiger partial charge in [-0.15, -0.1) is 0 Å². The Morgan fingerprint density at radius 1 is 0.889 bits per heavy atom. The number of hydrogen-bond acceptors (Lipinski definition) is 1. The van der Waals surface area contributed by atoms with Crippen molar-refractivity contribution in [1.29, 1.82) is 0 Å². The van der Waals surface area contributed by atoms with E-state index in [2.05, 4.69) is 6.07 Å². The van der Waals surface area contributed by atoms with E-state index in [1.54, 1.807) is 12.1 Å². The second-order valence-corrected chi connectivity index (χ2v) is 5.08. The second-order valence-electron chi connectivity index (χ2n) is 4.67. The highest BCUT2D eigenvalue weighted by Crippen LogP contribution is 2.19. The quantitative estimate of drug-likeness (QED) is 0.725. The molecule has 0 fully saturated rings. The van der Waals surface area contributed by atoms with Crippen LogP contribution in [-0.4, -0.2) is 5.78 Å². The molecule has 18 heavy (non-hydrogen) atoms. The lowest BCUT2D eigenvalue weighted by molar-refractivity contribution is 0.103. The van der Waals surface area contributed by atoms with Crippen LogP contribution in [0.4, 0.5) is 0 Å². The molecule has 1 nitrogen and oxygen atoms in total. The zero-order valence-corrected chi connectivity index (χ0v) is 11.5. The van der Waals surface area contributed by atoms with E-state index in [1.165, 1.54) is 0 Å². The Hall–Kier alpha value is -1.60. The van der Waals surface area contributed by atoms with Crippen molar-refractivity contribution < 1.29 is 4.79 Å². The fourth-order valence-electron chi connectivity index (χ4n) is 2.06. The van der Waals surface area contributed by atoms with Gasteiger partial charge < -0.3 is 0 Å². The van der Waals surface area contributed by atoms with Gasteiger partial charge in [-0.1, -0.05) is 28.8 Å². The molecular weight excluding hydrogens is 244 g/mol. The molecule has 0 radical (unpaired) electrons. The first-order valence-corrected chi connectivity index (χ1v) is 6.24. The molecule has 2 aromatic carbocycles. The number of carbonyl (C=O) groups excluding carboxylic acids is 1. The maximum atomic E-state index is 12.4. The molecule has 0 heterocycles. The molecule has 0 atom stereocenters. The van der Waals surface area contributed by atoms with E-state index in [9.17, 15) is 4.79 Å². The lowest BCUT2D eigenvalue weighted by Gasteiger charge is -2.06. The number of ketones is 1. The van der Waals surface area contributed by atoms with E-state index in [-0.39, 0.29) is 5.78 Å². The summed E-state index contributed by atoms with van der Waals surface area (Å²) in [7, 11) is 0. The number of aryl methyl sites for hydroxylation is 3. The van der Waals surface area contributed by atoms with Gasteiger partial charge in [-0.3, -0.25) is 4.79 Å². The lowest BCUT2D eigenvalue weighted by atomic mass is 9.98. The van der Waals surface area contributed by atoms with Crippen LogP contribution in [0.2, 0.25) is 5.02 Å². The van der Waals surface area contributed by atoms with Crippen LogP contribution < -0.4 is 0 Å². The van der Waals surface area contributed by atoms with Crippen LogP contribution in [-0.2, 0) is 0 Å². The Balaban J connectivity index is 2.44. The Bertz CT molecular complexity index is 594. The van der Waals surface area contributed by atoms with Crippen LogP contribution in [0.25, 0.3) is 0 Å². The van der Waals surface area contributed by atoms with E-state index >= 15 is 0 Å². The monoisotopic (exact) mass is 258 g/mol. The molecule has 0 aliphatic rings. The van der Waals surface area contributed by atoms with Crippen LogP contribution in [0.3, 0.4) is 0 Å². The maximum Gasteiger partial charge on any atom is 0.193 e. The van der Waals surface area contributed by atoms with E-state index in [0.717, 1.165) is 22.3 Å². The first-order chi connectivity index (χ1) is 8.47. The van der Waals surface area contributed by atoms with Crippen molar-refractivity contribution in [3.8, 4) is 0 Å². The highest BCUT2D eigenvalue weighted by Gasteiger charge is 2.10. The summed E-state index contributed by atoms with van der Waals surface area (Å²) < 4.78 is 0. The van der Waals surface area contributed by atoms with Gasteiger partial charge in [0, 0.05) is 16.1 Å². The summed E-state index contributed by atoms with van der Waals surface area (Å²) in [5, 5.41) is 0.687. The predicted molar refractivity (Wildman–Crippen MR) is 75.5 cm³/mol. The first-order valence-electron chi connectivity index (χ1n) is 5.86. The smallest absolute Gasteiger partial charge is 0.193 e. The summed E-state index contributed by atoms with van der Waals surface area (Å²) in [6.45, 7) is 5.90. The SMILES string of the molecule is Cc1cc(C)cc(C(=O)c2ccc(Cl)c(C)c2)c1. The molecular formula is C16H15ClO. The van der Waals surface area contributed by atoms with Crippen molar-refractivity contribution in [2.24, 2.45) is 0 Å². The van der Waals surface area contributed by atoms with Crippen molar-refractivity contribution >= 4 is 17.4 Å². The minimum Gasteiger partial charge on any atom is -0.289 e. The Labute approximate surface area is 112 Å². The largest absolute Gasteiger partial charge is 0.289 e.